The highest BCUT2D eigenvalue weighted by Crippen LogP contribution is 2.42. The molecule has 0 aromatic carbocycles. The van der Waals surface area contributed by atoms with Crippen molar-refractivity contribution in [3.8, 4) is 0 Å². The minimum Gasteiger partial charge on any atom is -0.380 e. The van der Waals surface area contributed by atoms with Crippen LogP contribution in [0.15, 0.2) is 24.4 Å². The van der Waals surface area contributed by atoms with E-state index in [0.717, 1.165) is 0 Å². The van der Waals surface area contributed by atoms with E-state index in [-0.39, 0.29) is 0 Å². The van der Waals surface area contributed by atoms with Crippen LogP contribution in [-0.4, -0.2) is 16.3 Å². The number of nitrogens with zero attached hydrogens (tertiary/aromatic N) is 1. The zero-order chi connectivity index (χ0) is 8.60. The summed E-state index contributed by atoms with van der Waals surface area (Å²) in [6, 6.07) is 5.16. The average molecular weight is 167 g/mol. The van der Waals surface area contributed by atoms with Crippen molar-refractivity contribution >= 4 is 0 Å². The van der Waals surface area contributed by atoms with Gasteiger partial charge in [-0.2, -0.15) is 0 Å². The van der Waals surface area contributed by atoms with E-state index >= 15 is 0 Å². The molecule has 64 valence electrons. The first-order valence-electron chi connectivity index (χ1n) is 4.01. The molecule has 3 heteroatoms. The van der Waals surface area contributed by atoms with Crippen LogP contribution in [0.3, 0.4) is 0 Å². The molecule has 0 aliphatic heterocycles. The summed E-state index contributed by atoms with van der Waals surface area (Å²) in [5.74, 6) is 0. The fourth-order valence-corrected chi connectivity index (χ4v) is 1.43. The predicted molar refractivity (Wildman–Crippen MR) is 42.3 cm³/mol. The molecule has 0 amide bonds. The Kier molecular flexibility index (Phi) is 1.61. The number of aliphatic hydroxyl groups is 1. The Labute approximate surface area is 70.1 Å². The Morgan fingerprint density at radius 2 is 2.42 bits per heavy atom. The van der Waals surface area contributed by atoms with Gasteiger partial charge in [-0.15, -0.1) is 0 Å². The van der Waals surface area contributed by atoms with Gasteiger partial charge in [0.1, 0.15) is 11.8 Å². The minimum absolute atomic E-state index is 0.438. The number of alkyl halides is 1. The van der Waals surface area contributed by atoms with Gasteiger partial charge < -0.3 is 5.11 Å². The Morgan fingerprint density at radius 3 is 2.83 bits per heavy atom. The molecule has 0 radical (unpaired) electrons. The van der Waals surface area contributed by atoms with Crippen molar-refractivity contribution in [2.24, 2.45) is 0 Å². The SMILES string of the molecule is O[C@@]1(c2ccccn2)CC[C@H]1F. The average Bonchev–Trinajstić information content (AvgIpc) is 2.16. The van der Waals surface area contributed by atoms with Crippen molar-refractivity contribution < 1.29 is 9.50 Å². The first kappa shape index (κ1) is 7.68. The molecule has 2 rings (SSSR count). The highest BCUT2D eigenvalue weighted by molar-refractivity contribution is 5.18. The third kappa shape index (κ3) is 0.932. The summed E-state index contributed by atoms with van der Waals surface area (Å²) >= 11 is 0. The minimum atomic E-state index is -1.30. The van der Waals surface area contributed by atoms with Crippen molar-refractivity contribution in [1.29, 1.82) is 0 Å². The highest BCUT2D eigenvalue weighted by Gasteiger charge is 2.48. The van der Waals surface area contributed by atoms with Crippen LogP contribution in [0.5, 0.6) is 0 Å². The van der Waals surface area contributed by atoms with E-state index in [0.29, 0.717) is 18.5 Å². The van der Waals surface area contributed by atoms with Crippen molar-refractivity contribution in [3.05, 3.63) is 30.1 Å². The highest BCUT2D eigenvalue weighted by atomic mass is 19.1. The smallest absolute Gasteiger partial charge is 0.137 e. The van der Waals surface area contributed by atoms with E-state index in [1.165, 1.54) is 0 Å². The van der Waals surface area contributed by atoms with Crippen LogP contribution in [0.1, 0.15) is 18.5 Å². The molecule has 2 nitrogen and oxygen atoms in total. The van der Waals surface area contributed by atoms with Crippen LogP contribution in [0, 0.1) is 0 Å². The fraction of sp³-hybridized carbons (Fsp3) is 0.444. The molecular weight excluding hydrogens is 157 g/mol. The standard InChI is InChI=1S/C9H10FNO/c10-7-4-5-9(7,12)8-3-1-2-6-11-8/h1-3,6-7,12H,4-5H2/t7-,9+/m1/s1. The fourth-order valence-electron chi connectivity index (χ4n) is 1.43. The maximum atomic E-state index is 13.0. The molecule has 0 unspecified atom stereocenters. The molecule has 1 aromatic heterocycles. The van der Waals surface area contributed by atoms with Crippen molar-refractivity contribution in [2.45, 2.75) is 24.6 Å². The van der Waals surface area contributed by atoms with Gasteiger partial charge in [0, 0.05) is 6.20 Å². The zero-order valence-electron chi connectivity index (χ0n) is 6.57. The van der Waals surface area contributed by atoms with Gasteiger partial charge in [-0.1, -0.05) is 6.07 Å². The zero-order valence-corrected chi connectivity index (χ0v) is 6.57. The second-order valence-corrected chi connectivity index (χ2v) is 3.15. The molecule has 0 spiro atoms. The van der Waals surface area contributed by atoms with Gasteiger partial charge in [-0.25, -0.2) is 4.39 Å². The topological polar surface area (TPSA) is 33.1 Å². The van der Waals surface area contributed by atoms with Gasteiger partial charge >= 0.3 is 0 Å². The predicted octanol–water partition coefficient (Wildman–Crippen LogP) is 1.40. The summed E-state index contributed by atoms with van der Waals surface area (Å²) in [5.41, 5.74) is -0.856. The monoisotopic (exact) mass is 167 g/mol. The van der Waals surface area contributed by atoms with Crippen LogP contribution < -0.4 is 0 Å². The van der Waals surface area contributed by atoms with Crippen LogP contribution in [0.2, 0.25) is 0 Å². The van der Waals surface area contributed by atoms with E-state index in [1.54, 1.807) is 24.4 Å². The molecule has 1 aliphatic carbocycles. The number of aromatic nitrogens is 1. The molecule has 1 saturated carbocycles. The Balaban J connectivity index is 2.31. The molecule has 1 aliphatic rings. The van der Waals surface area contributed by atoms with E-state index in [4.69, 9.17) is 0 Å². The lowest BCUT2D eigenvalue weighted by Gasteiger charge is -2.39. The first-order valence-corrected chi connectivity index (χ1v) is 4.01. The summed E-state index contributed by atoms with van der Waals surface area (Å²) < 4.78 is 13.0. The van der Waals surface area contributed by atoms with E-state index in [1.807, 2.05) is 0 Å². The Morgan fingerprint density at radius 1 is 1.58 bits per heavy atom. The summed E-state index contributed by atoms with van der Waals surface area (Å²) in [6.07, 6.45) is 1.34. The molecule has 1 heterocycles. The molecule has 12 heavy (non-hydrogen) atoms. The lowest BCUT2D eigenvalue weighted by atomic mass is 9.75. The van der Waals surface area contributed by atoms with E-state index in [2.05, 4.69) is 4.98 Å². The van der Waals surface area contributed by atoms with Gasteiger partial charge in [-0.05, 0) is 25.0 Å². The van der Waals surface area contributed by atoms with Crippen molar-refractivity contribution in [1.82, 2.24) is 4.98 Å². The summed E-state index contributed by atoms with van der Waals surface area (Å²) in [7, 11) is 0. The van der Waals surface area contributed by atoms with Crippen molar-refractivity contribution in [2.75, 3.05) is 0 Å². The molecular formula is C9H10FNO. The Bertz CT molecular complexity index is 277. The van der Waals surface area contributed by atoms with E-state index in [9.17, 15) is 9.50 Å². The lowest BCUT2D eigenvalue weighted by molar-refractivity contribution is -0.117. The van der Waals surface area contributed by atoms with E-state index < -0.39 is 11.8 Å². The van der Waals surface area contributed by atoms with Crippen LogP contribution in [0.4, 0.5) is 4.39 Å². The number of hydrogen-bond donors (Lipinski definition) is 1. The normalized spacial score (nSPS) is 34.3. The number of halogens is 1. The van der Waals surface area contributed by atoms with Gasteiger partial charge in [0.25, 0.3) is 0 Å². The molecule has 1 fully saturated rings. The molecule has 0 saturated heterocycles. The van der Waals surface area contributed by atoms with Gasteiger partial charge in [0.05, 0.1) is 5.69 Å². The summed E-state index contributed by atoms with van der Waals surface area (Å²) in [4.78, 5) is 3.93. The quantitative estimate of drug-likeness (QED) is 0.685. The molecule has 2 atom stereocenters. The lowest BCUT2D eigenvalue weighted by Crippen LogP contribution is -2.46. The number of hydrogen-bond acceptors (Lipinski definition) is 2. The van der Waals surface area contributed by atoms with Gasteiger partial charge in [0.15, 0.2) is 0 Å². The second-order valence-electron chi connectivity index (χ2n) is 3.15. The Hall–Kier alpha value is -0.960. The number of rotatable bonds is 1. The maximum Gasteiger partial charge on any atom is 0.137 e. The number of pyridine rings is 1. The second kappa shape index (κ2) is 2.52. The third-order valence-electron chi connectivity index (χ3n) is 2.41. The van der Waals surface area contributed by atoms with Crippen LogP contribution >= 0.6 is 0 Å². The van der Waals surface area contributed by atoms with Gasteiger partial charge in [0.2, 0.25) is 0 Å². The first-order chi connectivity index (χ1) is 5.73. The largest absolute Gasteiger partial charge is 0.380 e. The van der Waals surface area contributed by atoms with Crippen molar-refractivity contribution in [3.63, 3.8) is 0 Å². The van der Waals surface area contributed by atoms with Gasteiger partial charge in [-0.3, -0.25) is 4.98 Å². The molecule has 1 N–H and O–H groups in total. The molecule has 1 aromatic rings. The maximum absolute atomic E-state index is 13.0. The molecule has 0 bridgehead atoms. The summed E-state index contributed by atoms with van der Waals surface area (Å²) in [6.45, 7) is 0. The van der Waals surface area contributed by atoms with Crippen LogP contribution in [0.25, 0.3) is 0 Å². The van der Waals surface area contributed by atoms with Crippen LogP contribution in [-0.2, 0) is 5.60 Å². The summed E-state index contributed by atoms with van der Waals surface area (Å²) in [5, 5.41) is 9.71. The third-order valence-corrected chi connectivity index (χ3v) is 2.41.